The lowest BCUT2D eigenvalue weighted by Crippen LogP contribution is -2.34. The number of piperidine rings is 1. The van der Waals surface area contributed by atoms with Gasteiger partial charge in [-0.05, 0) is 25.7 Å². The van der Waals surface area contributed by atoms with Crippen LogP contribution in [0.2, 0.25) is 0 Å². The van der Waals surface area contributed by atoms with Crippen molar-refractivity contribution in [1.29, 1.82) is 0 Å². The first kappa shape index (κ1) is 18.1. The quantitative estimate of drug-likeness (QED) is 0.856. The number of aromatic nitrogens is 3. The van der Waals surface area contributed by atoms with Gasteiger partial charge in [0.2, 0.25) is 5.91 Å². The van der Waals surface area contributed by atoms with Crippen molar-refractivity contribution >= 4 is 23.1 Å². The van der Waals surface area contributed by atoms with E-state index in [2.05, 4.69) is 34.1 Å². The topological polar surface area (TPSA) is 63.1 Å². The summed E-state index contributed by atoms with van der Waals surface area (Å²) in [6, 6.07) is 2.24. The number of thiazole rings is 1. The largest absolute Gasteiger partial charge is 0.311 e. The molecule has 1 amide bonds. The number of aryl methyl sites for hydroxylation is 1. The van der Waals surface area contributed by atoms with E-state index in [9.17, 15) is 4.79 Å². The summed E-state index contributed by atoms with van der Waals surface area (Å²) in [4.78, 5) is 20.2. The highest BCUT2D eigenvalue weighted by molar-refractivity contribution is 7.11. The van der Waals surface area contributed by atoms with Gasteiger partial charge in [0.25, 0.3) is 0 Å². The van der Waals surface area contributed by atoms with E-state index in [0.29, 0.717) is 18.4 Å². The van der Waals surface area contributed by atoms with Gasteiger partial charge in [-0.15, -0.1) is 11.3 Å². The Morgan fingerprint density at radius 1 is 1.40 bits per heavy atom. The van der Waals surface area contributed by atoms with E-state index in [4.69, 9.17) is 0 Å². The van der Waals surface area contributed by atoms with Crippen LogP contribution in [0.25, 0.3) is 0 Å². The van der Waals surface area contributed by atoms with Crippen LogP contribution >= 0.6 is 11.3 Å². The van der Waals surface area contributed by atoms with Gasteiger partial charge in [-0.25, -0.2) is 9.67 Å². The van der Waals surface area contributed by atoms with Crippen LogP contribution in [0, 0.1) is 12.8 Å². The zero-order valence-electron chi connectivity index (χ0n) is 15.2. The third kappa shape index (κ3) is 4.89. The molecule has 0 atom stereocenters. The first-order chi connectivity index (χ1) is 12.0. The summed E-state index contributed by atoms with van der Waals surface area (Å²) in [6.07, 6.45) is 6.40. The van der Waals surface area contributed by atoms with Gasteiger partial charge in [-0.3, -0.25) is 9.69 Å². The lowest BCUT2D eigenvalue weighted by Gasteiger charge is -2.32. The predicted molar refractivity (Wildman–Crippen MR) is 101 cm³/mol. The van der Waals surface area contributed by atoms with Gasteiger partial charge in [0.1, 0.15) is 5.82 Å². The Balaban J connectivity index is 1.54. The predicted octanol–water partition coefficient (Wildman–Crippen LogP) is 3.47. The number of rotatable bonds is 6. The van der Waals surface area contributed by atoms with Gasteiger partial charge in [0.15, 0.2) is 0 Å². The summed E-state index contributed by atoms with van der Waals surface area (Å²) in [5.74, 6) is 1.24. The fourth-order valence-corrected chi connectivity index (χ4v) is 4.13. The highest BCUT2D eigenvalue weighted by Gasteiger charge is 2.23. The van der Waals surface area contributed by atoms with Gasteiger partial charge in [-0.2, -0.15) is 5.10 Å². The van der Waals surface area contributed by atoms with Crippen molar-refractivity contribution < 1.29 is 4.79 Å². The molecule has 7 heteroatoms. The minimum atomic E-state index is 0.0646. The molecule has 0 saturated carbocycles. The van der Waals surface area contributed by atoms with Gasteiger partial charge < -0.3 is 5.32 Å². The van der Waals surface area contributed by atoms with Crippen molar-refractivity contribution in [1.82, 2.24) is 19.7 Å². The number of likely N-dealkylation sites (tertiary alicyclic amines) is 1. The fraction of sp³-hybridized carbons (Fsp3) is 0.611. The van der Waals surface area contributed by atoms with Gasteiger partial charge in [0, 0.05) is 43.2 Å². The first-order valence-corrected chi connectivity index (χ1v) is 9.80. The molecule has 1 aliphatic rings. The number of carbonyl (C=O) groups excluding carboxylic acids is 1. The highest BCUT2D eigenvalue weighted by Crippen LogP contribution is 2.27. The molecule has 25 heavy (non-hydrogen) atoms. The van der Waals surface area contributed by atoms with Crippen molar-refractivity contribution in [2.45, 2.75) is 52.6 Å². The average Bonchev–Trinajstić information content (AvgIpc) is 3.16. The molecule has 0 spiro atoms. The third-order valence-electron chi connectivity index (χ3n) is 4.48. The number of anilines is 1. The van der Waals surface area contributed by atoms with Crippen LogP contribution in [0.3, 0.4) is 0 Å². The van der Waals surface area contributed by atoms with E-state index >= 15 is 0 Å². The van der Waals surface area contributed by atoms with E-state index in [-0.39, 0.29) is 5.91 Å². The molecule has 1 N–H and O–H groups in total. The number of hydrogen-bond acceptors (Lipinski definition) is 5. The normalized spacial score (nSPS) is 16.5. The molecule has 2 aromatic heterocycles. The van der Waals surface area contributed by atoms with Crippen LogP contribution in [-0.2, 0) is 11.3 Å². The van der Waals surface area contributed by atoms with Crippen LogP contribution in [0.1, 0.15) is 49.0 Å². The lowest BCUT2D eigenvalue weighted by atomic mass is 10.1. The second-order valence-corrected chi connectivity index (χ2v) is 8.48. The second-order valence-electron chi connectivity index (χ2n) is 7.16. The maximum atomic E-state index is 12.0. The number of hydrogen-bond donors (Lipinski definition) is 1. The van der Waals surface area contributed by atoms with Gasteiger partial charge in [-0.1, -0.05) is 13.8 Å². The first-order valence-electron chi connectivity index (χ1n) is 8.98. The molecule has 0 aromatic carbocycles. The van der Waals surface area contributed by atoms with Crippen molar-refractivity contribution in [3.63, 3.8) is 0 Å². The average molecular weight is 362 g/mol. The molecular formula is C18H27N5OS. The Labute approximate surface area is 153 Å². The Bertz CT molecular complexity index is 700. The maximum absolute atomic E-state index is 12.0. The molecular weight excluding hydrogens is 334 g/mol. The third-order valence-corrected chi connectivity index (χ3v) is 5.38. The molecule has 136 valence electrons. The minimum Gasteiger partial charge on any atom is -0.311 e. The summed E-state index contributed by atoms with van der Waals surface area (Å²) in [5, 5.41) is 8.60. The molecule has 0 radical (unpaired) electrons. The Kier molecular flexibility index (Phi) is 5.86. The zero-order chi connectivity index (χ0) is 17.8. The summed E-state index contributed by atoms with van der Waals surface area (Å²) in [7, 11) is 0. The summed E-state index contributed by atoms with van der Waals surface area (Å²) in [6.45, 7) is 9.22. The molecule has 2 aromatic rings. The summed E-state index contributed by atoms with van der Waals surface area (Å²) in [5.41, 5.74) is 0. The molecule has 3 rings (SSSR count). The molecule has 0 unspecified atom stereocenters. The van der Waals surface area contributed by atoms with Crippen LogP contribution < -0.4 is 5.32 Å². The van der Waals surface area contributed by atoms with Crippen LogP contribution in [0.5, 0.6) is 0 Å². The fourth-order valence-electron chi connectivity index (χ4n) is 3.29. The molecule has 1 saturated heterocycles. The second kappa shape index (κ2) is 8.10. The maximum Gasteiger partial charge on any atom is 0.225 e. The van der Waals surface area contributed by atoms with Crippen LogP contribution in [-0.4, -0.2) is 38.7 Å². The molecule has 1 aliphatic heterocycles. The van der Waals surface area contributed by atoms with E-state index in [1.54, 1.807) is 17.5 Å². The molecule has 0 bridgehead atoms. The zero-order valence-corrected chi connectivity index (χ0v) is 16.1. The summed E-state index contributed by atoms with van der Waals surface area (Å²) < 4.78 is 1.99. The highest BCUT2D eigenvalue weighted by atomic mass is 32.1. The van der Waals surface area contributed by atoms with Crippen molar-refractivity contribution in [2.24, 2.45) is 5.92 Å². The van der Waals surface area contributed by atoms with Gasteiger partial charge in [0.05, 0.1) is 17.2 Å². The van der Waals surface area contributed by atoms with E-state index in [1.807, 2.05) is 23.9 Å². The molecule has 0 aliphatic carbocycles. The van der Waals surface area contributed by atoms with Crippen molar-refractivity contribution in [2.75, 3.05) is 18.4 Å². The smallest absolute Gasteiger partial charge is 0.225 e. The molecule has 1 fully saturated rings. The SMILES string of the molecule is Cc1ncc(CN2CCC(n3nccc3NC(=O)CC(C)C)CC2)s1. The number of nitrogens with one attached hydrogen (secondary N) is 1. The number of amides is 1. The van der Waals surface area contributed by atoms with Gasteiger partial charge >= 0.3 is 0 Å². The van der Waals surface area contributed by atoms with E-state index in [0.717, 1.165) is 43.3 Å². The Morgan fingerprint density at radius 2 is 2.16 bits per heavy atom. The number of carbonyl (C=O) groups is 1. The minimum absolute atomic E-state index is 0.0646. The molecule has 3 heterocycles. The summed E-state index contributed by atoms with van der Waals surface area (Å²) >= 11 is 1.78. The number of nitrogens with zero attached hydrogens (tertiary/aromatic N) is 4. The van der Waals surface area contributed by atoms with Crippen molar-refractivity contribution in [3.05, 3.63) is 28.3 Å². The Hall–Kier alpha value is -1.73. The Morgan fingerprint density at radius 3 is 2.80 bits per heavy atom. The van der Waals surface area contributed by atoms with Crippen LogP contribution in [0.4, 0.5) is 5.82 Å². The monoisotopic (exact) mass is 361 g/mol. The van der Waals surface area contributed by atoms with E-state index < -0.39 is 0 Å². The van der Waals surface area contributed by atoms with E-state index in [1.165, 1.54) is 4.88 Å². The molecule has 6 nitrogen and oxygen atoms in total. The lowest BCUT2D eigenvalue weighted by molar-refractivity contribution is -0.116. The standard InChI is InChI=1S/C18H27N5OS/c1-13(2)10-18(24)21-17-4-7-20-23(17)15-5-8-22(9-6-15)12-16-11-19-14(3)25-16/h4,7,11,13,15H,5-6,8-10,12H2,1-3H3,(H,21,24). The van der Waals surface area contributed by atoms with Crippen molar-refractivity contribution in [3.8, 4) is 0 Å². The van der Waals surface area contributed by atoms with Crippen LogP contribution in [0.15, 0.2) is 18.5 Å².